The molecule has 2 rings (SSSR count). The van der Waals surface area contributed by atoms with Gasteiger partial charge in [-0.15, -0.1) is 4.98 Å². The van der Waals surface area contributed by atoms with E-state index in [9.17, 15) is 10.1 Å². The zero-order valence-corrected chi connectivity index (χ0v) is 10.9. The lowest BCUT2D eigenvalue weighted by atomic mass is 10.3. The van der Waals surface area contributed by atoms with Gasteiger partial charge < -0.3 is 15.2 Å². The third-order valence-corrected chi connectivity index (χ3v) is 2.35. The number of aromatic nitrogens is 3. The van der Waals surface area contributed by atoms with E-state index in [-0.39, 0.29) is 34.4 Å². The van der Waals surface area contributed by atoms with Crippen molar-refractivity contribution in [3.05, 3.63) is 33.3 Å². The first kappa shape index (κ1) is 13.7. The van der Waals surface area contributed by atoms with Gasteiger partial charge in [-0.1, -0.05) is 11.6 Å². The van der Waals surface area contributed by atoms with E-state index in [1.54, 1.807) is 0 Å². The maximum Gasteiger partial charge on any atom is 0.330 e. The van der Waals surface area contributed by atoms with Gasteiger partial charge in [-0.2, -0.15) is 9.97 Å². The molecular weight excluding hydrogens is 290 g/mol. The molecule has 0 atom stereocenters. The molecule has 0 fully saturated rings. The van der Waals surface area contributed by atoms with Crippen molar-refractivity contribution >= 4 is 23.2 Å². The lowest BCUT2D eigenvalue weighted by Gasteiger charge is -2.06. The number of nitro groups is 1. The van der Waals surface area contributed by atoms with Crippen LogP contribution in [0.25, 0.3) is 0 Å². The molecule has 0 unspecified atom stereocenters. The average molecular weight is 298 g/mol. The number of anilines is 1. The van der Waals surface area contributed by atoms with Gasteiger partial charge >= 0.3 is 17.7 Å². The van der Waals surface area contributed by atoms with Crippen LogP contribution in [-0.2, 0) is 0 Å². The van der Waals surface area contributed by atoms with Gasteiger partial charge in [-0.25, -0.2) is 0 Å². The Labute approximate surface area is 117 Å². The average Bonchev–Trinajstić information content (AvgIpc) is 2.40. The first-order valence-electron chi connectivity index (χ1n) is 5.17. The van der Waals surface area contributed by atoms with Crippen molar-refractivity contribution in [3.63, 3.8) is 0 Å². The van der Waals surface area contributed by atoms with Crippen molar-refractivity contribution in [2.45, 2.75) is 0 Å². The molecule has 0 aliphatic carbocycles. The zero-order valence-electron chi connectivity index (χ0n) is 10.1. The standard InChI is InChI=1S/C10H8ClN5O4/c1-19-9-13-8(12)14-10(15-9)20-7-3-2-5(11)4-6(7)16(17)18/h2-4H,1H3,(H2,12,13,14,15). The van der Waals surface area contributed by atoms with Gasteiger partial charge in [0.25, 0.3) is 0 Å². The number of benzene rings is 1. The van der Waals surface area contributed by atoms with Crippen molar-refractivity contribution in [2.75, 3.05) is 12.8 Å². The minimum absolute atomic E-state index is 0.0656. The molecule has 0 radical (unpaired) electrons. The Morgan fingerprint density at radius 1 is 1.30 bits per heavy atom. The third-order valence-electron chi connectivity index (χ3n) is 2.11. The van der Waals surface area contributed by atoms with Crippen LogP contribution in [0.15, 0.2) is 18.2 Å². The van der Waals surface area contributed by atoms with E-state index in [2.05, 4.69) is 15.0 Å². The van der Waals surface area contributed by atoms with E-state index >= 15 is 0 Å². The highest BCUT2D eigenvalue weighted by Crippen LogP contribution is 2.32. The minimum atomic E-state index is -0.636. The van der Waals surface area contributed by atoms with Crippen LogP contribution < -0.4 is 15.2 Å². The summed E-state index contributed by atoms with van der Waals surface area (Å²) in [6, 6.07) is 3.63. The van der Waals surface area contributed by atoms with Crippen molar-refractivity contribution < 1.29 is 14.4 Å². The van der Waals surface area contributed by atoms with Crippen LogP contribution in [0.2, 0.25) is 5.02 Å². The molecular formula is C10H8ClN5O4. The second kappa shape index (κ2) is 5.53. The second-order valence-corrected chi connectivity index (χ2v) is 3.87. The molecule has 1 aromatic heterocycles. The number of nitrogen functional groups attached to an aromatic ring is 1. The number of halogens is 1. The Kier molecular flexibility index (Phi) is 3.80. The maximum absolute atomic E-state index is 10.9. The number of nitro benzene ring substituents is 1. The van der Waals surface area contributed by atoms with Gasteiger partial charge in [0.1, 0.15) is 0 Å². The molecule has 1 heterocycles. The Bertz CT molecular complexity index is 666. The molecule has 0 bridgehead atoms. The largest absolute Gasteiger partial charge is 0.467 e. The summed E-state index contributed by atoms with van der Waals surface area (Å²) in [6.45, 7) is 0. The fourth-order valence-corrected chi connectivity index (χ4v) is 1.47. The molecule has 0 amide bonds. The van der Waals surface area contributed by atoms with E-state index < -0.39 is 4.92 Å². The number of ether oxygens (including phenoxy) is 2. The van der Waals surface area contributed by atoms with Gasteiger partial charge in [-0.05, 0) is 12.1 Å². The van der Waals surface area contributed by atoms with Crippen LogP contribution >= 0.6 is 11.6 Å². The monoisotopic (exact) mass is 297 g/mol. The van der Waals surface area contributed by atoms with Gasteiger partial charge in [0.15, 0.2) is 0 Å². The number of rotatable bonds is 4. The molecule has 104 valence electrons. The minimum Gasteiger partial charge on any atom is -0.467 e. The fraction of sp³-hybridized carbons (Fsp3) is 0.100. The molecule has 0 saturated carbocycles. The van der Waals surface area contributed by atoms with Crippen LogP contribution in [0.1, 0.15) is 0 Å². The first-order chi connectivity index (χ1) is 9.49. The van der Waals surface area contributed by atoms with E-state index in [4.69, 9.17) is 26.8 Å². The number of hydrogen-bond acceptors (Lipinski definition) is 8. The topological polar surface area (TPSA) is 126 Å². The van der Waals surface area contributed by atoms with E-state index in [1.165, 1.54) is 19.2 Å². The summed E-state index contributed by atoms with van der Waals surface area (Å²) in [5, 5.41) is 11.1. The maximum atomic E-state index is 10.9. The summed E-state index contributed by atoms with van der Waals surface area (Å²) < 4.78 is 10.0. The number of methoxy groups -OCH3 is 1. The van der Waals surface area contributed by atoms with Crippen LogP contribution in [-0.4, -0.2) is 27.0 Å². The van der Waals surface area contributed by atoms with Crippen LogP contribution in [0.4, 0.5) is 11.6 Å². The summed E-state index contributed by atoms with van der Waals surface area (Å²) in [5.41, 5.74) is 5.11. The lowest BCUT2D eigenvalue weighted by Crippen LogP contribution is -2.03. The van der Waals surface area contributed by atoms with Crippen molar-refractivity contribution in [1.82, 2.24) is 15.0 Å². The highest BCUT2D eigenvalue weighted by molar-refractivity contribution is 6.30. The second-order valence-electron chi connectivity index (χ2n) is 3.43. The SMILES string of the molecule is COc1nc(N)nc(Oc2ccc(Cl)cc2[N+](=O)[O-])n1. The van der Waals surface area contributed by atoms with Crippen molar-refractivity contribution in [1.29, 1.82) is 0 Å². The van der Waals surface area contributed by atoms with E-state index in [1.807, 2.05) is 0 Å². The van der Waals surface area contributed by atoms with Crippen molar-refractivity contribution in [2.24, 2.45) is 0 Å². The summed E-state index contributed by atoms with van der Waals surface area (Å²) in [4.78, 5) is 21.4. The molecule has 2 N–H and O–H groups in total. The molecule has 0 aliphatic heterocycles. The van der Waals surface area contributed by atoms with Crippen LogP contribution in [0.5, 0.6) is 17.8 Å². The van der Waals surface area contributed by atoms with Crippen molar-refractivity contribution in [3.8, 4) is 17.8 Å². The fourth-order valence-electron chi connectivity index (χ4n) is 1.31. The first-order valence-corrected chi connectivity index (χ1v) is 5.54. The molecule has 1 aromatic carbocycles. The van der Waals surface area contributed by atoms with Gasteiger partial charge in [0, 0.05) is 11.1 Å². The Morgan fingerprint density at radius 2 is 2.00 bits per heavy atom. The Morgan fingerprint density at radius 3 is 2.65 bits per heavy atom. The van der Waals surface area contributed by atoms with E-state index in [0.717, 1.165) is 6.07 Å². The normalized spacial score (nSPS) is 10.1. The molecule has 10 heteroatoms. The van der Waals surface area contributed by atoms with Crippen LogP contribution in [0, 0.1) is 10.1 Å². The summed E-state index contributed by atoms with van der Waals surface area (Å²) in [6.07, 6.45) is 0. The molecule has 2 aromatic rings. The highest BCUT2D eigenvalue weighted by atomic mass is 35.5. The number of nitrogens with two attached hydrogens (primary N) is 1. The Hall–Kier alpha value is -2.68. The smallest absolute Gasteiger partial charge is 0.330 e. The quantitative estimate of drug-likeness (QED) is 0.668. The molecule has 0 spiro atoms. The predicted molar refractivity (Wildman–Crippen MR) is 69.0 cm³/mol. The third kappa shape index (κ3) is 3.01. The lowest BCUT2D eigenvalue weighted by molar-refractivity contribution is -0.385. The van der Waals surface area contributed by atoms with Gasteiger partial charge in [0.2, 0.25) is 11.7 Å². The molecule has 9 nitrogen and oxygen atoms in total. The predicted octanol–water partition coefficient (Wildman–Crippen LogP) is 1.82. The summed E-state index contributed by atoms with van der Waals surface area (Å²) in [5.74, 6) is -0.212. The summed E-state index contributed by atoms with van der Waals surface area (Å²) >= 11 is 5.70. The van der Waals surface area contributed by atoms with Crippen LogP contribution in [0.3, 0.4) is 0 Å². The van der Waals surface area contributed by atoms with E-state index in [0.29, 0.717) is 0 Å². The summed E-state index contributed by atoms with van der Waals surface area (Å²) in [7, 11) is 1.34. The number of hydrogen-bond donors (Lipinski definition) is 1. The molecule has 0 aliphatic rings. The molecule has 20 heavy (non-hydrogen) atoms. The van der Waals surface area contributed by atoms with Gasteiger partial charge in [-0.3, -0.25) is 10.1 Å². The zero-order chi connectivity index (χ0) is 14.7. The Balaban J connectivity index is 2.39. The number of nitrogens with zero attached hydrogens (tertiary/aromatic N) is 4. The van der Waals surface area contributed by atoms with Gasteiger partial charge in [0.05, 0.1) is 12.0 Å². The molecule has 0 saturated heterocycles. The highest BCUT2D eigenvalue weighted by Gasteiger charge is 2.18.